The van der Waals surface area contributed by atoms with E-state index < -0.39 is 6.04 Å². The number of hydrogen-bond donors (Lipinski definition) is 0. The van der Waals surface area contributed by atoms with Crippen molar-refractivity contribution < 1.29 is 18.7 Å². The van der Waals surface area contributed by atoms with Crippen LogP contribution in [0.2, 0.25) is 0 Å². The van der Waals surface area contributed by atoms with Gasteiger partial charge in [-0.3, -0.25) is 9.59 Å². The molecule has 0 unspecified atom stereocenters. The summed E-state index contributed by atoms with van der Waals surface area (Å²) in [5.41, 5.74) is 1.36. The highest BCUT2D eigenvalue weighted by atomic mass is 16.5. The Balaban J connectivity index is 1.85. The minimum atomic E-state index is -0.520. The van der Waals surface area contributed by atoms with E-state index in [-0.39, 0.29) is 23.2 Å². The molecule has 168 valence electrons. The Labute approximate surface area is 187 Å². The summed E-state index contributed by atoms with van der Waals surface area (Å²) in [6.07, 6.45) is 0.0571. The molecule has 0 saturated heterocycles. The third-order valence-corrected chi connectivity index (χ3v) is 5.53. The fourth-order valence-corrected chi connectivity index (χ4v) is 4.01. The van der Waals surface area contributed by atoms with Crippen LogP contribution in [0.15, 0.2) is 51.7 Å². The van der Waals surface area contributed by atoms with Gasteiger partial charge in [0.1, 0.15) is 17.1 Å². The average Bonchev–Trinajstić information content (AvgIpc) is 3.04. The highest BCUT2D eigenvalue weighted by Gasteiger charge is 2.42. The summed E-state index contributed by atoms with van der Waals surface area (Å²) in [5.74, 6) is 1.12. The molecule has 0 bridgehead atoms. The number of amides is 1. The number of nitrogens with zero attached hydrogens (tertiary/aromatic N) is 2. The second-order valence-corrected chi connectivity index (χ2v) is 8.48. The van der Waals surface area contributed by atoms with Crippen molar-refractivity contribution in [1.29, 1.82) is 0 Å². The van der Waals surface area contributed by atoms with E-state index in [4.69, 9.17) is 13.9 Å². The van der Waals surface area contributed by atoms with E-state index in [1.54, 1.807) is 30.2 Å². The molecule has 1 atom stereocenters. The Kier molecular flexibility index (Phi) is 5.93. The fourth-order valence-electron chi connectivity index (χ4n) is 4.01. The second kappa shape index (κ2) is 8.67. The molecule has 0 radical (unpaired) electrons. The lowest BCUT2D eigenvalue weighted by Gasteiger charge is -2.26. The number of rotatable bonds is 7. The van der Waals surface area contributed by atoms with Crippen molar-refractivity contribution in [2.75, 3.05) is 34.3 Å². The molecule has 0 N–H and O–H groups in total. The Bertz CT molecular complexity index is 1200. The molecule has 7 nitrogen and oxygen atoms in total. The van der Waals surface area contributed by atoms with Crippen LogP contribution in [0.5, 0.6) is 11.5 Å². The molecule has 0 fully saturated rings. The van der Waals surface area contributed by atoms with Gasteiger partial charge in [0.25, 0.3) is 5.91 Å². The van der Waals surface area contributed by atoms with Gasteiger partial charge in [0.2, 0.25) is 5.76 Å². The largest absolute Gasteiger partial charge is 0.497 e. The standard InChI is InChI=1S/C25H28N2O5/c1-15(2)31-17-8-6-16(7-9-17)22-21-23(28)19-11-10-18(30-5)14-20(19)32-24(21)25(29)27(22)13-12-26(3)4/h6-11,14-15,22H,12-13H2,1-5H3/t22-/m0/s1. The van der Waals surface area contributed by atoms with Crippen LogP contribution in [0.4, 0.5) is 0 Å². The first-order chi connectivity index (χ1) is 15.3. The van der Waals surface area contributed by atoms with E-state index in [1.807, 2.05) is 57.1 Å². The summed E-state index contributed by atoms with van der Waals surface area (Å²) in [6, 6.07) is 12.1. The quantitative estimate of drug-likeness (QED) is 0.563. The van der Waals surface area contributed by atoms with Crippen LogP contribution in [0.25, 0.3) is 11.0 Å². The molecular weight excluding hydrogens is 408 g/mol. The van der Waals surface area contributed by atoms with Crippen molar-refractivity contribution in [3.8, 4) is 11.5 Å². The van der Waals surface area contributed by atoms with Gasteiger partial charge < -0.3 is 23.7 Å². The lowest BCUT2D eigenvalue weighted by molar-refractivity contribution is 0.0716. The Morgan fingerprint density at radius 2 is 1.75 bits per heavy atom. The zero-order valence-corrected chi connectivity index (χ0v) is 19.0. The summed E-state index contributed by atoms with van der Waals surface area (Å²) < 4.78 is 17.0. The predicted octanol–water partition coefficient (Wildman–Crippen LogP) is 3.70. The zero-order chi connectivity index (χ0) is 23.0. The summed E-state index contributed by atoms with van der Waals surface area (Å²) in [4.78, 5) is 30.6. The molecule has 1 amide bonds. The van der Waals surface area contributed by atoms with Crippen LogP contribution in [0.1, 0.15) is 41.6 Å². The first kappa shape index (κ1) is 21.9. The maximum atomic E-state index is 13.5. The number of likely N-dealkylation sites (N-methyl/N-ethyl adjacent to an activating group) is 1. The molecule has 0 spiro atoms. The molecule has 0 aliphatic carbocycles. The third kappa shape index (κ3) is 3.96. The fraction of sp³-hybridized carbons (Fsp3) is 0.360. The summed E-state index contributed by atoms with van der Waals surface area (Å²) in [6.45, 7) is 5.05. The maximum Gasteiger partial charge on any atom is 0.290 e. The highest BCUT2D eigenvalue weighted by molar-refractivity contribution is 5.99. The third-order valence-electron chi connectivity index (χ3n) is 5.53. The van der Waals surface area contributed by atoms with E-state index >= 15 is 0 Å². The van der Waals surface area contributed by atoms with Crippen LogP contribution >= 0.6 is 0 Å². The predicted molar refractivity (Wildman–Crippen MR) is 123 cm³/mol. The number of methoxy groups -OCH3 is 1. The van der Waals surface area contributed by atoms with Gasteiger partial charge in [-0.25, -0.2) is 0 Å². The molecule has 1 aromatic heterocycles. The van der Waals surface area contributed by atoms with Gasteiger partial charge in [-0.15, -0.1) is 0 Å². The van der Waals surface area contributed by atoms with Gasteiger partial charge in [-0.2, -0.15) is 0 Å². The summed E-state index contributed by atoms with van der Waals surface area (Å²) in [5, 5.41) is 0.427. The van der Waals surface area contributed by atoms with E-state index in [0.717, 1.165) is 11.3 Å². The molecule has 32 heavy (non-hydrogen) atoms. The molecule has 1 aliphatic heterocycles. The van der Waals surface area contributed by atoms with Gasteiger partial charge in [0.15, 0.2) is 5.43 Å². The van der Waals surface area contributed by atoms with Gasteiger partial charge in [-0.05, 0) is 57.8 Å². The van der Waals surface area contributed by atoms with Crippen molar-refractivity contribution >= 4 is 16.9 Å². The number of benzene rings is 2. The minimum absolute atomic E-state index is 0.0571. The number of ether oxygens (including phenoxy) is 2. The van der Waals surface area contributed by atoms with Crippen LogP contribution in [0, 0.1) is 0 Å². The monoisotopic (exact) mass is 436 g/mol. The van der Waals surface area contributed by atoms with Crippen molar-refractivity contribution in [2.45, 2.75) is 26.0 Å². The lowest BCUT2D eigenvalue weighted by atomic mass is 9.98. The number of carbonyl (C=O) groups is 1. The van der Waals surface area contributed by atoms with Gasteiger partial charge in [0.05, 0.1) is 30.2 Å². The number of hydrogen-bond acceptors (Lipinski definition) is 6. The van der Waals surface area contributed by atoms with Crippen molar-refractivity contribution in [1.82, 2.24) is 9.80 Å². The molecule has 0 saturated carbocycles. The molecule has 2 aromatic carbocycles. The smallest absolute Gasteiger partial charge is 0.290 e. The van der Waals surface area contributed by atoms with Crippen LogP contribution in [-0.2, 0) is 0 Å². The van der Waals surface area contributed by atoms with Gasteiger partial charge in [-0.1, -0.05) is 12.1 Å². The van der Waals surface area contributed by atoms with Crippen molar-refractivity contribution in [2.24, 2.45) is 0 Å². The minimum Gasteiger partial charge on any atom is -0.497 e. The first-order valence-electron chi connectivity index (χ1n) is 10.7. The molecule has 4 rings (SSSR count). The Morgan fingerprint density at radius 3 is 2.38 bits per heavy atom. The van der Waals surface area contributed by atoms with Crippen molar-refractivity contribution in [3.05, 3.63) is 69.6 Å². The topological polar surface area (TPSA) is 72.2 Å². The van der Waals surface area contributed by atoms with Gasteiger partial charge >= 0.3 is 0 Å². The number of carbonyl (C=O) groups excluding carboxylic acids is 1. The molecular formula is C25H28N2O5. The Hall–Kier alpha value is -3.32. The van der Waals surface area contributed by atoms with Crippen LogP contribution < -0.4 is 14.9 Å². The average molecular weight is 437 g/mol. The highest BCUT2D eigenvalue weighted by Crippen LogP contribution is 2.38. The maximum absolute atomic E-state index is 13.5. The summed E-state index contributed by atoms with van der Waals surface area (Å²) >= 11 is 0. The SMILES string of the molecule is COc1ccc2c(=O)c3c(oc2c1)C(=O)N(CCN(C)C)[C@H]3c1ccc(OC(C)C)cc1. The van der Waals surface area contributed by atoms with E-state index in [1.165, 1.54) is 0 Å². The Morgan fingerprint density at radius 1 is 1.06 bits per heavy atom. The molecule has 2 heterocycles. The lowest BCUT2D eigenvalue weighted by Crippen LogP contribution is -2.35. The van der Waals surface area contributed by atoms with E-state index in [0.29, 0.717) is 35.4 Å². The van der Waals surface area contributed by atoms with E-state index in [2.05, 4.69) is 0 Å². The zero-order valence-electron chi connectivity index (χ0n) is 19.0. The molecule has 1 aliphatic rings. The first-order valence-corrected chi connectivity index (χ1v) is 10.7. The number of fused-ring (bicyclic) bond motifs is 2. The van der Waals surface area contributed by atoms with E-state index in [9.17, 15) is 9.59 Å². The second-order valence-electron chi connectivity index (χ2n) is 8.48. The van der Waals surface area contributed by atoms with Crippen molar-refractivity contribution in [3.63, 3.8) is 0 Å². The molecule has 7 heteroatoms. The summed E-state index contributed by atoms with van der Waals surface area (Å²) in [7, 11) is 5.44. The van der Waals surface area contributed by atoms with Crippen LogP contribution in [0.3, 0.4) is 0 Å². The normalized spacial score (nSPS) is 15.7. The molecule has 3 aromatic rings. The van der Waals surface area contributed by atoms with Gasteiger partial charge in [0, 0.05) is 19.2 Å². The van der Waals surface area contributed by atoms with Crippen LogP contribution in [-0.4, -0.2) is 56.1 Å².